The summed E-state index contributed by atoms with van der Waals surface area (Å²) < 4.78 is 9.81. The van der Waals surface area contributed by atoms with Gasteiger partial charge in [0.15, 0.2) is 0 Å². The van der Waals surface area contributed by atoms with Crippen molar-refractivity contribution in [2.24, 2.45) is 0 Å². The molecule has 0 aliphatic heterocycles. The van der Waals surface area contributed by atoms with Crippen LogP contribution in [0, 0.1) is 0 Å². The predicted molar refractivity (Wildman–Crippen MR) is 64.5 cm³/mol. The Balaban J connectivity index is 2.73. The Morgan fingerprint density at radius 2 is 2.12 bits per heavy atom. The highest BCUT2D eigenvalue weighted by atomic mass is 35.5. The molecule has 0 unspecified atom stereocenters. The zero-order valence-corrected chi connectivity index (χ0v) is 10.7. The molecule has 17 heavy (non-hydrogen) atoms. The summed E-state index contributed by atoms with van der Waals surface area (Å²) in [6.07, 6.45) is 0.111. The number of carbonyl (C=O) groups is 1. The lowest BCUT2D eigenvalue weighted by molar-refractivity contribution is -0.141. The number of hydrogen-bond donors (Lipinski definition) is 1. The lowest BCUT2D eigenvalue weighted by Crippen LogP contribution is -2.08. The molecule has 0 aliphatic carbocycles. The Morgan fingerprint density at radius 3 is 2.71 bits per heavy atom. The SMILES string of the molecule is COC(=O)CCOc1c(Cl)cc(Cl)cc1CO. The number of aliphatic hydroxyl groups is 1. The minimum Gasteiger partial charge on any atom is -0.491 e. The lowest BCUT2D eigenvalue weighted by Gasteiger charge is -2.11. The van der Waals surface area contributed by atoms with Crippen molar-refractivity contribution in [2.75, 3.05) is 13.7 Å². The minimum absolute atomic E-state index is 0.111. The molecule has 1 aromatic rings. The topological polar surface area (TPSA) is 55.8 Å². The molecule has 0 atom stereocenters. The van der Waals surface area contributed by atoms with Crippen LogP contribution in [0.2, 0.25) is 10.0 Å². The molecule has 1 aromatic carbocycles. The Kier molecular flexibility index (Phi) is 5.55. The van der Waals surface area contributed by atoms with E-state index in [1.807, 2.05) is 0 Å². The summed E-state index contributed by atoms with van der Waals surface area (Å²) in [7, 11) is 1.30. The number of rotatable bonds is 5. The minimum atomic E-state index is -0.374. The van der Waals surface area contributed by atoms with Gasteiger partial charge in [0.25, 0.3) is 0 Å². The van der Waals surface area contributed by atoms with Crippen LogP contribution < -0.4 is 4.74 Å². The first-order valence-electron chi connectivity index (χ1n) is 4.87. The molecule has 0 aliphatic rings. The zero-order chi connectivity index (χ0) is 12.8. The van der Waals surface area contributed by atoms with E-state index in [-0.39, 0.29) is 25.6 Å². The standard InChI is InChI=1S/C11H12Cl2O4/c1-16-10(15)2-3-17-11-7(6-14)4-8(12)5-9(11)13/h4-5,14H,2-3,6H2,1H3. The van der Waals surface area contributed by atoms with Gasteiger partial charge in [-0.3, -0.25) is 4.79 Å². The first-order valence-corrected chi connectivity index (χ1v) is 5.62. The maximum atomic E-state index is 10.9. The number of carbonyl (C=O) groups excluding carboxylic acids is 1. The Morgan fingerprint density at radius 1 is 1.41 bits per heavy atom. The molecule has 1 N–H and O–H groups in total. The maximum absolute atomic E-state index is 10.9. The largest absolute Gasteiger partial charge is 0.491 e. The monoisotopic (exact) mass is 278 g/mol. The van der Waals surface area contributed by atoms with Gasteiger partial charge in [-0.2, -0.15) is 0 Å². The molecule has 0 heterocycles. The Hall–Kier alpha value is -0.970. The van der Waals surface area contributed by atoms with Gasteiger partial charge in [-0.15, -0.1) is 0 Å². The van der Waals surface area contributed by atoms with Crippen LogP contribution in [0.15, 0.2) is 12.1 Å². The summed E-state index contributed by atoms with van der Waals surface area (Å²) in [5.74, 6) is -0.0388. The molecule has 1 rings (SSSR count). The van der Waals surface area contributed by atoms with Gasteiger partial charge in [0.05, 0.1) is 31.8 Å². The molecule has 0 spiro atoms. The number of hydrogen-bond acceptors (Lipinski definition) is 4. The average molecular weight is 279 g/mol. The summed E-state index contributed by atoms with van der Waals surface area (Å²) >= 11 is 11.7. The number of esters is 1. The highest BCUT2D eigenvalue weighted by Gasteiger charge is 2.11. The summed E-state index contributed by atoms with van der Waals surface area (Å²) in [5.41, 5.74) is 0.479. The first-order chi connectivity index (χ1) is 8.08. The normalized spacial score (nSPS) is 10.1. The molecule has 0 aromatic heterocycles. The highest BCUT2D eigenvalue weighted by molar-refractivity contribution is 6.35. The van der Waals surface area contributed by atoms with E-state index in [2.05, 4.69) is 4.74 Å². The smallest absolute Gasteiger partial charge is 0.308 e. The van der Waals surface area contributed by atoms with E-state index in [9.17, 15) is 4.79 Å². The van der Waals surface area contributed by atoms with Gasteiger partial charge in [0.2, 0.25) is 0 Å². The lowest BCUT2D eigenvalue weighted by atomic mass is 10.2. The molecule has 0 fully saturated rings. The van der Waals surface area contributed by atoms with Crippen LogP contribution >= 0.6 is 23.2 Å². The average Bonchev–Trinajstić information content (AvgIpc) is 2.30. The van der Waals surface area contributed by atoms with Crippen LogP contribution in [-0.4, -0.2) is 24.8 Å². The van der Waals surface area contributed by atoms with Gasteiger partial charge in [0, 0.05) is 10.6 Å². The van der Waals surface area contributed by atoms with Crippen molar-refractivity contribution >= 4 is 29.2 Å². The fraction of sp³-hybridized carbons (Fsp3) is 0.364. The van der Waals surface area contributed by atoms with E-state index in [0.29, 0.717) is 21.4 Å². The summed E-state index contributed by atoms with van der Waals surface area (Å²) in [4.78, 5) is 10.9. The van der Waals surface area contributed by atoms with E-state index in [1.54, 1.807) is 6.07 Å². The summed E-state index contributed by atoms with van der Waals surface area (Å²) in [6.45, 7) is -0.116. The third kappa shape index (κ3) is 4.07. The van der Waals surface area contributed by atoms with Gasteiger partial charge in [0.1, 0.15) is 5.75 Å². The van der Waals surface area contributed by atoms with Crippen molar-refractivity contribution < 1.29 is 19.4 Å². The second kappa shape index (κ2) is 6.69. The van der Waals surface area contributed by atoms with Crippen LogP contribution in [0.4, 0.5) is 0 Å². The molecule has 94 valence electrons. The molecule has 4 nitrogen and oxygen atoms in total. The third-order valence-corrected chi connectivity index (χ3v) is 2.53. The van der Waals surface area contributed by atoms with Crippen molar-refractivity contribution in [2.45, 2.75) is 13.0 Å². The predicted octanol–water partition coefficient (Wildman–Crippen LogP) is 2.43. The quantitative estimate of drug-likeness (QED) is 0.841. The molecule has 0 radical (unpaired) electrons. The van der Waals surface area contributed by atoms with Gasteiger partial charge < -0.3 is 14.6 Å². The van der Waals surface area contributed by atoms with E-state index in [1.165, 1.54) is 13.2 Å². The maximum Gasteiger partial charge on any atom is 0.308 e. The molecule has 0 saturated carbocycles. The van der Waals surface area contributed by atoms with Crippen molar-refractivity contribution in [3.05, 3.63) is 27.7 Å². The molecule has 0 saturated heterocycles. The molecule has 6 heteroatoms. The fourth-order valence-electron chi connectivity index (χ4n) is 1.23. The van der Waals surface area contributed by atoms with Crippen LogP contribution in [0.25, 0.3) is 0 Å². The third-order valence-electron chi connectivity index (χ3n) is 2.04. The summed E-state index contributed by atoms with van der Waals surface area (Å²) in [6, 6.07) is 3.07. The van der Waals surface area contributed by atoms with Gasteiger partial charge in [-0.1, -0.05) is 23.2 Å². The van der Waals surface area contributed by atoms with Crippen LogP contribution in [-0.2, 0) is 16.1 Å². The van der Waals surface area contributed by atoms with Crippen molar-refractivity contribution in [1.29, 1.82) is 0 Å². The van der Waals surface area contributed by atoms with Crippen LogP contribution in [0.5, 0.6) is 5.75 Å². The number of halogens is 2. The van der Waals surface area contributed by atoms with Crippen molar-refractivity contribution in [3.8, 4) is 5.75 Å². The second-order valence-electron chi connectivity index (χ2n) is 3.21. The first kappa shape index (κ1) is 14.1. The van der Waals surface area contributed by atoms with E-state index in [0.717, 1.165) is 0 Å². The van der Waals surface area contributed by atoms with Gasteiger partial charge in [-0.05, 0) is 12.1 Å². The van der Waals surface area contributed by atoms with Crippen LogP contribution in [0.1, 0.15) is 12.0 Å². The van der Waals surface area contributed by atoms with E-state index >= 15 is 0 Å². The fourth-order valence-corrected chi connectivity index (χ4v) is 1.82. The van der Waals surface area contributed by atoms with Gasteiger partial charge in [-0.25, -0.2) is 0 Å². The number of ether oxygens (including phenoxy) is 2. The second-order valence-corrected chi connectivity index (χ2v) is 4.05. The van der Waals surface area contributed by atoms with E-state index in [4.69, 9.17) is 33.0 Å². The molecule has 0 amide bonds. The molecular formula is C11H12Cl2O4. The van der Waals surface area contributed by atoms with Crippen molar-refractivity contribution in [1.82, 2.24) is 0 Å². The van der Waals surface area contributed by atoms with Crippen LogP contribution in [0.3, 0.4) is 0 Å². The Labute approximate surface area is 109 Å². The number of aliphatic hydroxyl groups excluding tert-OH is 1. The number of methoxy groups -OCH3 is 1. The Bertz CT molecular complexity index is 407. The van der Waals surface area contributed by atoms with Gasteiger partial charge >= 0.3 is 5.97 Å². The van der Waals surface area contributed by atoms with E-state index < -0.39 is 0 Å². The highest BCUT2D eigenvalue weighted by Crippen LogP contribution is 2.32. The molecular weight excluding hydrogens is 267 g/mol. The number of benzene rings is 1. The zero-order valence-electron chi connectivity index (χ0n) is 9.20. The molecule has 0 bridgehead atoms. The summed E-state index contributed by atoms with van der Waals surface area (Å²) in [5, 5.41) is 9.85. The van der Waals surface area contributed by atoms with Crippen molar-refractivity contribution in [3.63, 3.8) is 0 Å².